The molecular weight excluding hydrogens is 711 g/mol. The smallest absolute Gasteiger partial charge is 0.462 e. The Labute approximate surface area is 327 Å². The van der Waals surface area contributed by atoms with Gasteiger partial charge in [-0.1, -0.05) is 128 Å². The second-order valence-corrected chi connectivity index (χ2v) is 15.5. The van der Waals surface area contributed by atoms with Crippen LogP contribution < -0.4 is 0 Å². The molecule has 0 radical (unpaired) electrons. The number of rotatable bonds is 39. The molecule has 0 aliphatic heterocycles. The van der Waals surface area contributed by atoms with Crippen molar-refractivity contribution in [1.82, 2.24) is 0 Å². The summed E-state index contributed by atoms with van der Waals surface area (Å²) in [6.45, 7) is 2.15. The number of ketones is 1. The van der Waals surface area contributed by atoms with Gasteiger partial charge in [0.1, 0.15) is 12.7 Å². The number of phosphoric acid groups is 1. The highest BCUT2D eigenvalue weighted by Crippen LogP contribution is 2.43. The molecular formula is C42H75O11P. The first-order valence-electron chi connectivity index (χ1n) is 20.9. The normalized spacial score (nSPS) is 14.2. The number of carbonyl (C=O) groups excluding carboxylic acids is 3. The standard InChI is InChI=1S/C42H75O11P/c1-3-5-7-8-9-10-11-12-13-14-15-18-21-24-28-32-41(46)50-36-40(37-52-54(48,49)51-35-39(45)34-43)53-42(47)33-29-25-22-19-16-17-20-23-27-31-38(44)30-26-6-4-2/h12-13,20,23,27,31,39-40,43,45H,3-11,14-19,21-22,24-26,28-30,32-37H2,1-2H3,(H,48,49)/b13-12-,23-20-,31-27+/t39-,40+/m0/s1. The Bertz CT molecular complexity index is 1060. The Morgan fingerprint density at radius 2 is 1.07 bits per heavy atom. The summed E-state index contributed by atoms with van der Waals surface area (Å²) in [5, 5.41) is 18.3. The molecule has 0 aromatic carbocycles. The number of aliphatic hydroxyl groups excluding tert-OH is 2. The SMILES string of the molecule is CCCCCCCC/C=C\CCCCCCCC(=O)OC[C@H](COP(=O)(O)OC[C@@H](O)CO)OC(=O)CCCCCCC/C=C\C=C\C(=O)CCCCC. The summed E-state index contributed by atoms with van der Waals surface area (Å²) < 4.78 is 32.6. The molecule has 0 fully saturated rings. The maximum absolute atomic E-state index is 12.6. The van der Waals surface area contributed by atoms with Crippen molar-refractivity contribution in [2.75, 3.05) is 26.4 Å². The predicted octanol–water partition coefficient (Wildman–Crippen LogP) is 9.96. The van der Waals surface area contributed by atoms with E-state index >= 15 is 0 Å². The summed E-state index contributed by atoms with van der Waals surface area (Å²) in [5.74, 6) is -0.835. The third kappa shape index (κ3) is 36.8. The summed E-state index contributed by atoms with van der Waals surface area (Å²) in [6.07, 6.45) is 33.7. The van der Waals surface area contributed by atoms with Gasteiger partial charge in [-0.05, 0) is 63.9 Å². The van der Waals surface area contributed by atoms with Crippen LogP contribution in [-0.4, -0.2) is 71.5 Å². The predicted molar refractivity (Wildman–Crippen MR) is 215 cm³/mol. The van der Waals surface area contributed by atoms with Crippen LogP contribution in [0.4, 0.5) is 0 Å². The van der Waals surface area contributed by atoms with Crippen molar-refractivity contribution < 1.29 is 52.6 Å². The number of unbranched alkanes of at least 4 members (excludes halogenated alkanes) is 18. The fraction of sp³-hybridized carbons (Fsp3) is 0.786. The summed E-state index contributed by atoms with van der Waals surface area (Å²) in [6, 6.07) is 0. The number of ether oxygens (including phenoxy) is 2. The van der Waals surface area contributed by atoms with E-state index in [4.69, 9.17) is 19.1 Å². The molecule has 12 heteroatoms. The van der Waals surface area contributed by atoms with Gasteiger partial charge in [-0.3, -0.25) is 23.4 Å². The third-order valence-corrected chi connectivity index (χ3v) is 9.69. The first kappa shape index (κ1) is 51.9. The molecule has 0 aliphatic carbocycles. The second-order valence-electron chi connectivity index (χ2n) is 14.0. The Hall–Kier alpha value is -2.14. The molecule has 0 aliphatic rings. The molecule has 0 spiro atoms. The van der Waals surface area contributed by atoms with Crippen LogP contribution in [0.5, 0.6) is 0 Å². The van der Waals surface area contributed by atoms with E-state index in [1.54, 1.807) is 12.2 Å². The highest BCUT2D eigenvalue weighted by atomic mass is 31.2. The van der Waals surface area contributed by atoms with Gasteiger partial charge in [0.2, 0.25) is 0 Å². The number of aliphatic hydroxyl groups is 2. The van der Waals surface area contributed by atoms with E-state index < -0.39 is 51.8 Å². The number of carbonyl (C=O) groups is 3. The topological polar surface area (TPSA) is 166 Å². The Balaban J connectivity index is 4.40. The molecule has 0 aromatic heterocycles. The van der Waals surface area contributed by atoms with Crippen molar-refractivity contribution >= 4 is 25.5 Å². The van der Waals surface area contributed by atoms with Crippen LogP contribution in [0.1, 0.15) is 174 Å². The molecule has 0 heterocycles. The van der Waals surface area contributed by atoms with E-state index in [2.05, 4.69) is 30.5 Å². The van der Waals surface area contributed by atoms with Crippen molar-refractivity contribution in [1.29, 1.82) is 0 Å². The fourth-order valence-corrected chi connectivity index (χ4v) is 6.23. The Morgan fingerprint density at radius 1 is 0.593 bits per heavy atom. The molecule has 3 N–H and O–H groups in total. The molecule has 0 saturated carbocycles. The minimum absolute atomic E-state index is 0.131. The Morgan fingerprint density at radius 3 is 1.67 bits per heavy atom. The Kier molecular flexibility index (Phi) is 36.3. The largest absolute Gasteiger partial charge is 0.472 e. The van der Waals surface area contributed by atoms with E-state index in [9.17, 15) is 28.9 Å². The molecule has 1 unspecified atom stereocenters. The summed E-state index contributed by atoms with van der Waals surface area (Å²) in [7, 11) is -4.64. The second kappa shape index (κ2) is 37.8. The van der Waals surface area contributed by atoms with Crippen LogP contribution in [0.2, 0.25) is 0 Å². The van der Waals surface area contributed by atoms with Crippen molar-refractivity contribution in [3.63, 3.8) is 0 Å². The molecule has 54 heavy (non-hydrogen) atoms. The molecule has 0 bridgehead atoms. The monoisotopic (exact) mass is 787 g/mol. The maximum Gasteiger partial charge on any atom is 0.472 e. The van der Waals surface area contributed by atoms with Gasteiger partial charge in [0.15, 0.2) is 11.9 Å². The number of allylic oxidation sites excluding steroid dienone is 6. The lowest BCUT2D eigenvalue weighted by atomic mass is 10.1. The zero-order valence-electron chi connectivity index (χ0n) is 33.7. The van der Waals surface area contributed by atoms with Crippen molar-refractivity contribution in [2.45, 2.75) is 187 Å². The van der Waals surface area contributed by atoms with Crippen LogP contribution in [0, 0.1) is 0 Å². The van der Waals surface area contributed by atoms with E-state index in [1.165, 1.54) is 38.5 Å². The highest BCUT2D eigenvalue weighted by molar-refractivity contribution is 7.47. The van der Waals surface area contributed by atoms with Gasteiger partial charge in [-0.2, -0.15) is 0 Å². The van der Waals surface area contributed by atoms with Gasteiger partial charge in [-0.25, -0.2) is 4.57 Å². The molecule has 0 saturated heterocycles. The third-order valence-electron chi connectivity index (χ3n) is 8.74. The van der Waals surface area contributed by atoms with Crippen molar-refractivity contribution in [3.05, 3.63) is 36.5 Å². The molecule has 11 nitrogen and oxygen atoms in total. The average molecular weight is 787 g/mol. The van der Waals surface area contributed by atoms with Gasteiger partial charge in [0.05, 0.1) is 19.8 Å². The van der Waals surface area contributed by atoms with Crippen LogP contribution >= 0.6 is 7.82 Å². The van der Waals surface area contributed by atoms with Crippen molar-refractivity contribution in [2.24, 2.45) is 0 Å². The van der Waals surface area contributed by atoms with Crippen LogP contribution in [0.3, 0.4) is 0 Å². The van der Waals surface area contributed by atoms with Gasteiger partial charge < -0.3 is 24.6 Å². The zero-order valence-corrected chi connectivity index (χ0v) is 34.6. The van der Waals surface area contributed by atoms with Crippen molar-refractivity contribution in [3.8, 4) is 0 Å². The number of esters is 2. The van der Waals surface area contributed by atoms with Crippen LogP contribution in [0.25, 0.3) is 0 Å². The highest BCUT2D eigenvalue weighted by Gasteiger charge is 2.27. The first-order chi connectivity index (χ1) is 26.1. The lowest BCUT2D eigenvalue weighted by molar-refractivity contribution is -0.161. The molecule has 0 amide bonds. The number of hydrogen-bond donors (Lipinski definition) is 3. The molecule has 0 aromatic rings. The van der Waals surface area contributed by atoms with E-state index in [0.29, 0.717) is 19.3 Å². The van der Waals surface area contributed by atoms with E-state index in [0.717, 1.165) is 89.9 Å². The van der Waals surface area contributed by atoms with E-state index in [1.807, 2.05) is 12.2 Å². The minimum Gasteiger partial charge on any atom is -0.462 e. The lowest BCUT2D eigenvalue weighted by Gasteiger charge is -2.20. The lowest BCUT2D eigenvalue weighted by Crippen LogP contribution is -2.29. The van der Waals surface area contributed by atoms with E-state index in [-0.39, 0.29) is 25.2 Å². The van der Waals surface area contributed by atoms with Gasteiger partial charge >= 0.3 is 19.8 Å². The number of hydrogen-bond acceptors (Lipinski definition) is 10. The average Bonchev–Trinajstić information content (AvgIpc) is 3.15. The molecule has 3 atom stereocenters. The fourth-order valence-electron chi connectivity index (χ4n) is 5.44. The molecule has 0 rings (SSSR count). The summed E-state index contributed by atoms with van der Waals surface area (Å²) in [4.78, 5) is 46.7. The molecule has 314 valence electrons. The van der Waals surface area contributed by atoms with Crippen LogP contribution in [0.15, 0.2) is 36.5 Å². The maximum atomic E-state index is 12.6. The van der Waals surface area contributed by atoms with Gasteiger partial charge in [0.25, 0.3) is 0 Å². The quantitative estimate of drug-likeness (QED) is 0.0136. The van der Waals surface area contributed by atoms with Gasteiger partial charge in [-0.15, -0.1) is 0 Å². The summed E-state index contributed by atoms with van der Waals surface area (Å²) in [5.41, 5.74) is 0. The van der Waals surface area contributed by atoms with Crippen LogP contribution in [-0.2, 0) is 37.5 Å². The van der Waals surface area contributed by atoms with Gasteiger partial charge in [0, 0.05) is 19.3 Å². The first-order valence-corrected chi connectivity index (χ1v) is 22.4. The zero-order chi connectivity index (χ0) is 40.0. The minimum atomic E-state index is -4.64. The number of phosphoric ester groups is 1. The summed E-state index contributed by atoms with van der Waals surface area (Å²) >= 11 is 0.